The van der Waals surface area contributed by atoms with E-state index in [1.54, 1.807) is 0 Å². The maximum atomic E-state index is 3.82. The predicted molar refractivity (Wildman–Crippen MR) is 81.4 cm³/mol. The number of nitrogens with zero attached hydrogens (tertiary/aromatic N) is 1. The van der Waals surface area contributed by atoms with E-state index in [0.717, 1.165) is 12.0 Å². The first-order chi connectivity index (χ1) is 9.31. The van der Waals surface area contributed by atoms with Gasteiger partial charge >= 0.3 is 0 Å². The molecule has 0 radical (unpaired) electrons. The molecular weight excluding hydrogens is 232 g/mol. The van der Waals surface area contributed by atoms with Gasteiger partial charge in [-0.15, -0.1) is 0 Å². The summed E-state index contributed by atoms with van der Waals surface area (Å²) < 4.78 is 0. The molecule has 3 aliphatic rings. The van der Waals surface area contributed by atoms with Crippen molar-refractivity contribution in [2.75, 3.05) is 26.2 Å². The zero-order valence-electron chi connectivity index (χ0n) is 12.8. The van der Waals surface area contributed by atoms with Crippen LogP contribution < -0.4 is 5.32 Å². The number of hydrogen-bond donors (Lipinski definition) is 1. The summed E-state index contributed by atoms with van der Waals surface area (Å²) in [6.45, 7) is 7.62. The zero-order valence-corrected chi connectivity index (χ0v) is 12.8. The second-order valence-corrected chi connectivity index (χ2v) is 7.40. The van der Waals surface area contributed by atoms with Gasteiger partial charge in [-0.1, -0.05) is 32.6 Å². The molecule has 3 fully saturated rings. The van der Waals surface area contributed by atoms with Gasteiger partial charge in [0, 0.05) is 32.2 Å². The van der Waals surface area contributed by atoms with E-state index in [9.17, 15) is 0 Å². The number of rotatable bonds is 4. The Bertz CT molecular complexity index is 273. The molecule has 3 rings (SSSR count). The molecule has 1 unspecified atom stereocenters. The van der Waals surface area contributed by atoms with Crippen LogP contribution in [0.15, 0.2) is 0 Å². The second kappa shape index (κ2) is 6.13. The van der Waals surface area contributed by atoms with Gasteiger partial charge in [0.05, 0.1) is 0 Å². The number of piperazine rings is 1. The first-order valence-corrected chi connectivity index (χ1v) is 8.77. The molecular formula is C17H32N2. The lowest BCUT2D eigenvalue weighted by atomic mass is 9.66. The maximum absolute atomic E-state index is 3.82. The highest BCUT2D eigenvalue weighted by Gasteiger charge is 2.38. The van der Waals surface area contributed by atoms with Gasteiger partial charge < -0.3 is 5.32 Å². The molecule has 0 aromatic heterocycles. The fraction of sp³-hybridized carbons (Fsp3) is 1.00. The van der Waals surface area contributed by atoms with Crippen molar-refractivity contribution in [3.8, 4) is 0 Å². The molecule has 2 aliphatic carbocycles. The van der Waals surface area contributed by atoms with Crippen LogP contribution in [0.1, 0.15) is 64.7 Å². The molecule has 19 heavy (non-hydrogen) atoms. The Hall–Kier alpha value is -0.0800. The SMILES string of the molecule is CCC1(CN2CCNC(C3CCCCC3)C2)CCC1. The molecule has 110 valence electrons. The van der Waals surface area contributed by atoms with Crippen LogP contribution in [0.5, 0.6) is 0 Å². The van der Waals surface area contributed by atoms with Gasteiger partial charge in [-0.3, -0.25) is 4.90 Å². The molecule has 2 nitrogen and oxygen atoms in total. The highest BCUT2D eigenvalue weighted by Crippen LogP contribution is 2.44. The Morgan fingerprint density at radius 1 is 1.11 bits per heavy atom. The molecule has 0 aromatic carbocycles. The first-order valence-electron chi connectivity index (χ1n) is 8.77. The first kappa shape index (κ1) is 13.9. The van der Waals surface area contributed by atoms with Gasteiger partial charge in [0.2, 0.25) is 0 Å². The van der Waals surface area contributed by atoms with Crippen LogP contribution in [0.2, 0.25) is 0 Å². The van der Waals surface area contributed by atoms with Crippen LogP contribution in [0.25, 0.3) is 0 Å². The Balaban J connectivity index is 1.52. The number of nitrogens with one attached hydrogen (secondary N) is 1. The summed E-state index contributed by atoms with van der Waals surface area (Å²) >= 11 is 0. The van der Waals surface area contributed by atoms with Crippen molar-refractivity contribution in [3.63, 3.8) is 0 Å². The Morgan fingerprint density at radius 2 is 1.89 bits per heavy atom. The van der Waals surface area contributed by atoms with Crippen LogP contribution in [-0.4, -0.2) is 37.1 Å². The highest BCUT2D eigenvalue weighted by molar-refractivity contribution is 4.93. The molecule has 0 amide bonds. The summed E-state index contributed by atoms with van der Waals surface area (Å²) in [4.78, 5) is 2.79. The van der Waals surface area contributed by atoms with Crippen molar-refractivity contribution in [1.82, 2.24) is 10.2 Å². The predicted octanol–water partition coefficient (Wildman–Crippen LogP) is 3.42. The van der Waals surface area contributed by atoms with E-state index >= 15 is 0 Å². The van der Waals surface area contributed by atoms with E-state index in [4.69, 9.17) is 0 Å². The van der Waals surface area contributed by atoms with Crippen molar-refractivity contribution in [2.24, 2.45) is 11.3 Å². The summed E-state index contributed by atoms with van der Waals surface area (Å²) in [5.41, 5.74) is 0.703. The molecule has 1 N–H and O–H groups in total. The average Bonchev–Trinajstić information content (AvgIpc) is 2.44. The summed E-state index contributed by atoms with van der Waals surface area (Å²) in [7, 11) is 0. The van der Waals surface area contributed by atoms with E-state index in [1.807, 2.05) is 0 Å². The van der Waals surface area contributed by atoms with Crippen LogP contribution in [-0.2, 0) is 0 Å². The minimum atomic E-state index is 0.703. The van der Waals surface area contributed by atoms with E-state index in [2.05, 4.69) is 17.1 Å². The summed E-state index contributed by atoms with van der Waals surface area (Å²) in [5.74, 6) is 0.968. The van der Waals surface area contributed by atoms with Gasteiger partial charge in [-0.2, -0.15) is 0 Å². The van der Waals surface area contributed by atoms with Gasteiger partial charge in [0.15, 0.2) is 0 Å². The van der Waals surface area contributed by atoms with Crippen molar-refractivity contribution >= 4 is 0 Å². The highest BCUT2D eigenvalue weighted by atomic mass is 15.2. The molecule has 2 saturated carbocycles. The molecule has 0 bridgehead atoms. The lowest BCUT2D eigenvalue weighted by molar-refractivity contribution is 0.0393. The van der Waals surface area contributed by atoms with E-state index < -0.39 is 0 Å². The molecule has 1 atom stereocenters. The van der Waals surface area contributed by atoms with E-state index in [-0.39, 0.29) is 0 Å². The van der Waals surface area contributed by atoms with E-state index in [1.165, 1.54) is 84.0 Å². The third-order valence-corrected chi connectivity index (χ3v) is 6.23. The van der Waals surface area contributed by atoms with Crippen molar-refractivity contribution < 1.29 is 0 Å². The quantitative estimate of drug-likeness (QED) is 0.837. The van der Waals surface area contributed by atoms with Crippen molar-refractivity contribution in [2.45, 2.75) is 70.8 Å². The lowest BCUT2D eigenvalue weighted by Gasteiger charge is -2.48. The van der Waals surface area contributed by atoms with Gasteiger partial charge in [-0.05, 0) is 43.4 Å². The van der Waals surface area contributed by atoms with Crippen molar-refractivity contribution in [1.29, 1.82) is 0 Å². The normalized spacial score (nSPS) is 33.0. The smallest absolute Gasteiger partial charge is 0.0223 e. The molecule has 1 heterocycles. The molecule has 1 aliphatic heterocycles. The standard InChI is InChI=1S/C17H32N2/c1-2-17(9-6-10-17)14-19-12-11-18-16(13-19)15-7-4-3-5-8-15/h15-16,18H,2-14H2,1H3. The fourth-order valence-corrected chi connectivity index (χ4v) is 4.61. The molecule has 2 heteroatoms. The summed E-state index contributed by atoms with van der Waals surface area (Å²) in [5, 5.41) is 3.82. The topological polar surface area (TPSA) is 15.3 Å². The Labute approximate surface area is 119 Å². The summed E-state index contributed by atoms with van der Waals surface area (Å²) in [6.07, 6.45) is 13.2. The third-order valence-electron chi connectivity index (χ3n) is 6.23. The molecule has 1 saturated heterocycles. The molecule has 0 aromatic rings. The third kappa shape index (κ3) is 3.16. The Kier molecular flexibility index (Phi) is 4.48. The van der Waals surface area contributed by atoms with Gasteiger partial charge in [0.25, 0.3) is 0 Å². The zero-order chi connectivity index (χ0) is 13.1. The van der Waals surface area contributed by atoms with Gasteiger partial charge in [-0.25, -0.2) is 0 Å². The van der Waals surface area contributed by atoms with E-state index in [0.29, 0.717) is 5.41 Å². The maximum Gasteiger partial charge on any atom is 0.0223 e. The van der Waals surface area contributed by atoms with Crippen LogP contribution in [0.4, 0.5) is 0 Å². The van der Waals surface area contributed by atoms with Crippen molar-refractivity contribution in [3.05, 3.63) is 0 Å². The van der Waals surface area contributed by atoms with Crippen LogP contribution in [0, 0.1) is 11.3 Å². The van der Waals surface area contributed by atoms with Crippen LogP contribution >= 0.6 is 0 Å². The minimum absolute atomic E-state index is 0.703. The monoisotopic (exact) mass is 264 g/mol. The minimum Gasteiger partial charge on any atom is -0.311 e. The molecule has 0 spiro atoms. The fourth-order valence-electron chi connectivity index (χ4n) is 4.61. The lowest BCUT2D eigenvalue weighted by Crippen LogP contribution is -2.56. The largest absolute Gasteiger partial charge is 0.311 e. The summed E-state index contributed by atoms with van der Waals surface area (Å²) in [6, 6.07) is 0.794. The second-order valence-electron chi connectivity index (χ2n) is 7.40. The number of hydrogen-bond acceptors (Lipinski definition) is 2. The Morgan fingerprint density at radius 3 is 2.53 bits per heavy atom. The van der Waals surface area contributed by atoms with Crippen LogP contribution in [0.3, 0.4) is 0 Å². The van der Waals surface area contributed by atoms with Gasteiger partial charge in [0.1, 0.15) is 0 Å². The average molecular weight is 264 g/mol.